The Balaban J connectivity index is 2.69. The maximum atomic E-state index is 12.4. The van der Waals surface area contributed by atoms with Crippen LogP contribution >= 0.6 is 0 Å². The van der Waals surface area contributed by atoms with E-state index in [0.29, 0.717) is 12.6 Å². The third kappa shape index (κ3) is 5.24. The van der Waals surface area contributed by atoms with Gasteiger partial charge < -0.3 is 14.5 Å². The monoisotopic (exact) mass is 299 g/mol. The molecule has 0 aromatic rings. The Morgan fingerprint density at radius 3 is 2.52 bits per heavy atom. The molecule has 1 saturated carbocycles. The van der Waals surface area contributed by atoms with Crippen molar-refractivity contribution in [2.75, 3.05) is 40.8 Å². The molecule has 1 rings (SSSR count). The molecular weight excluding hydrogens is 266 g/mol. The molecule has 0 saturated heterocycles. The standard InChI is InChI=1S/C16H33N3O2/c1-7-21-15(20)16(17-13(2)3)9-8-14(12-16)19(6)11-10-18(4)5/h13-14,17H,7-12H2,1-6H3. The summed E-state index contributed by atoms with van der Waals surface area (Å²) in [6.45, 7) is 8.56. The number of hydrogen-bond acceptors (Lipinski definition) is 5. The second-order valence-electron chi connectivity index (χ2n) is 6.78. The summed E-state index contributed by atoms with van der Waals surface area (Å²) in [6.07, 6.45) is 2.75. The van der Waals surface area contributed by atoms with Gasteiger partial charge in [0.1, 0.15) is 5.54 Å². The van der Waals surface area contributed by atoms with Gasteiger partial charge in [0, 0.05) is 25.2 Å². The predicted octanol–water partition coefficient (Wildman–Crippen LogP) is 1.33. The number of likely N-dealkylation sites (N-methyl/N-ethyl adjacent to an activating group) is 2. The van der Waals surface area contributed by atoms with E-state index in [9.17, 15) is 4.79 Å². The molecule has 1 aliphatic rings. The fourth-order valence-electron chi connectivity index (χ4n) is 3.13. The Morgan fingerprint density at radius 1 is 1.33 bits per heavy atom. The lowest BCUT2D eigenvalue weighted by Crippen LogP contribution is -2.54. The van der Waals surface area contributed by atoms with E-state index in [1.807, 2.05) is 6.92 Å². The van der Waals surface area contributed by atoms with Gasteiger partial charge in [-0.3, -0.25) is 10.1 Å². The first-order valence-corrected chi connectivity index (χ1v) is 8.10. The molecule has 0 amide bonds. The number of ether oxygens (including phenoxy) is 1. The highest BCUT2D eigenvalue weighted by atomic mass is 16.5. The summed E-state index contributed by atoms with van der Waals surface area (Å²) in [5, 5.41) is 3.48. The summed E-state index contributed by atoms with van der Waals surface area (Å²) < 4.78 is 5.33. The smallest absolute Gasteiger partial charge is 0.326 e. The van der Waals surface area contributed by atoms with Crippen LogP contribution in [0, 0.1) is 0 Å². The SMILES string of the molecule is CCOC(=O)C1(NC(C)C)CCC(N(C)CCN(C)C)C1. The molecule has 0 spiro atoms. The van der Waals surface area contributed by atoms with Gasteiger partial charge in [0.15, 0.2) is 0 Å². The highest BCUT2D eigenvalue weighted by Gasteiger charge is 2.47. The van der Waals surface area contributed by atoms with Crippen molar-refractivity contribution in [1.29, 1.82) is 0 Å². The summed E-state index contributed by atoms with van der Waals surface area (Å²) in [6, 6.07) is 0.723. The van der Waals surface area contributed by atoms with E-state index in [1.54, 1.807) is 0 Å². The molecule has 1 N–H and O–H groups in total. The van der Waals surface area contributed by atoms with E-state index in [4.69, 9.17) is 4.74 Å². The number of carbonyl (C=O) groups is 1. The van der Waals surface area contributed by atoms with Crippen molar-refractivity contribution >= 4 is 5.97 Å². The fraction of sp³-hybridized carbons (Fsp3) is 0.938. The van der Waals surface area contributed by atoms with Crippen molar-refractivity contribution in [2.24, 2.45) is 0 Å². The highest BCUT2D eigenvalue weighted by Crippen LogP contribution is 2.34. The zero-order valence-electron chi connectivity index (χ0n) is 14.6. The molecule has 0 bridgehead atoms. The minimum atomic E-state index is -0.499. The Bertz CT molecular complexity index is 333. The van der Waals surface area contributed by atoms with Crippen LogP contribution in [-0.4, -0.2) is 74.2 Å². The fourth-order valence-corrected chi connectivity index (χ4v) is 3.13. The molecule has 1 fully saturated rings. The molecule has 2 unspecified atom stereocenters. The lowest BCUT2D eigenvalue weighted by Gasteiger charge is -2.32. The summed E-state index contributed by atoms with van der Waals surface area (Å²) >= 11 is 0. The second kappa shape index (κ2) is 8.11. The van der Waals surface area contributed by atoms with Gasteiger partial charge in [-0.2, -0.15) is 0 Å². The third-order valence-corrected chi connectivity index (χ3v) is 4.24. The largest absolute Gasteiger partial charge is 0.465 e. The Morgan fingerprint density at radius 2 is 2.00 bits per heavy atom. The van der Waals surface area contributed by atoms with Crippen molar-refractivity contribution in [3.05, 3.63) is 0 Å². The van der Waals surface area contributed by atoms with E-state index in [-0.39, 0.29) is 12.0 Å². The Hall–Kier alpha value is -0.650. The maximum absolute atomic E-state index is 12.4. The van der Waals surface area contributed by atoms with Crippen molar-refractivity contribution in [1.82, 2.24) is 15.1 Å². The van der Waals surface area contributed by atoms with E-state index in [1.165, 1.54) is 0 Å². The molecule has 5 nitrogen and oxygen atoms in total. The van der Waals surface area contributed by atoms with Crippen LogP contribution in [0.25, 0.3) is 0 Å². The van der Waals surface area contributed by atoms with Crippen LogP contribution in [-0.2, 0) is 9.53 Å². The van der Waals surface area contributed by atoms with Crippen molar-refractivity contribution in [3.8, 4) is 0 Å². The van der Waals surface area contributed by atoms with Crippen LogP contribution in [0.2, 0.25) is 0 Å². The van der Waals surface area contributed by atoms with Gasteiger partial charge in [0.2, 0.25) is 0 Å². The van der Waals surface area contributed by atoms with Crippen LogP contribution in [0.4, 0.5) is 0 Å². The average Bonchev–Trinajstić information content (AvgIpc) is 2.81. The lowest BCUT2D eigenvalue weighted by atomic mass is 9.96. The van der Waals surface area contributed by atoms with Crippen molar-refractivity contribution in [2.45, 2.75) is 57.7 Å². The van der Waals surface area contributed by atoms with Gasteiger partial charge in [-0.1, -0.05) is 0 Å². The van der Waals surface area contributed by atoms with Gasteiger partial charge >= 0.3 is 5.97 Å². The molecule has 5 heteroatoms. The molecular formula is C16H33N3O2. The van der Waals surface area contributed by atoms with Gasteiger partial charge in [0.05, 0.1) is 6.61 Å². The first-order chi connectivity index (χ1) is 9.80. The van der Waals surface area contributed by atoms with Crippen molar-refractivity contribution < 1.29 is 9.53 Å². The molecule has 1 aliphatic carbocycles. The van der Waals surface area contributed by atoms with Gasteiger partial charge in [-0.15, -0.1) is 0 Å². The summed E-state index contributed by atoms with van der Waals surface area (Å²) in [7, 11) is 6.34. The number of nitrogens with zero attached hydrogens (tertiary/aromatic N) is 2. The number of carbonyl (C=O) groups excluding carboxylic acids is 1. The zero-order valence-corrected chi connectivity index (χ0v) is 14.6. The van der Waals surface area contributed by atoms with E-state index in [2.05, 4.69) is 50.1 Å². The molecule has 0 radical (unpaired) electrons. The first kappa shape index (κ1) is 18.4. The molecule has 0 aliphatic heterocycles. The van der Waals surface area contributed by atoms with Crippen LogP contribution in [0.1, 0.15) is 40.0 Å². The van der Waals surface area contributed by atoms with Crippen LogP contribution in [0.15, 0.2) is 0 Å². The number of hydrogen-bond donors (Lipinski definition) is 1. The lowest BCUT2D eigenvalue weighted by molar-refractivity contribution is -0.151. The second-order valence-corrected chi connectivity index (χ2v) is 6.78. The Labute approximate surface area is 130 Å². The average molecular weight is 299 g/mol. The van der Waals surface area contributed by atoms with Crippen molar-refractivity contribution in [3.63, 3.8) is 0 Å². The summed E-state index contributed by atoms with van der Waals surface area (Å²) in [5.41, 5.74) is -0.499. The third-order valence-electron chi connectivity index (χ3n) is 4.24. The van der Waals surface area contributed by atoms with Gasteiger partial charge in [-0.25, -0.2) is 0 Å². The summed E-state index contributed by atoms with van der Waals surface area (Å²) in [4.78, 5) is 17.0. The normalized spacial score (nSPS) is 26.0. The number of esters is 1. The molecule has 21 heavy (non-hydrogen) atoms. The minimum absolute atomic E-state index is 0.0813. The quantitative estimate of drug-likeness (QED) is 0.685. The van der Waals surface area contributed by atoms with Gasteiger partial charge in [-0.05, 0) is 61.2 Å². The van der Waals surface area contributed by atoms with Crippen LogP contribution < -0.4 is 5.32 Å². The predicted molar refractivity (Wildman–Crippen MR) is 86.5 cm³/mol. The van der Waals surface area contributed by atoms with E-state index < -0.39 is 5.54 Å². The molecule has 0 aromatic heterocycles. The molecule has 0 aromatic carbocycles. The van der Waals surface area contributed by atoms with Gasteiger partial charge in [0.25, 0.3) is 0 Å². The van der Waals surface area contributed by atoms with E-state index in [0.717, 1.165) is 32.4 Å². The maximum Gasteiger partial charge on any atom is 0.326 e. The van der Waals surface area contributed by atoms with Crippen LogP contribution in [0.5, 0.6) is 0 Å². The molecule has 2 atom stereocenters. The Kier molecular flexibility index (Phi) is 7.10. The van der Waals surface area contributed by atoms with E-state index >= 15 is 0 Å². The summed E-state index contributed by atoms with van der Waals surface area (Å²) in [5.74, 6) is -0.0813. The minimum Gasteiger partial charge on any atom is -0.465 e. The number of rotatable bonds is 8. The zero-order chi connectivity index (χ0) is 16.0. The molecule has 124 valence electrons. The molecule has 0 heterocycles. The first-order valence-electron chi connectivity index (χ1n) is 8.10. The topological polar surface area (TPSA) is 44.8 Å². The highest BCUT2D eigenvalue weighted by molar-refractivity contribution is 5.81. The number of nitrogens with one attached hydrogen (secondary N) is 1. The van der Waals surface area contributed by atoms with Crippen LogP contribution in [0.3, 0.4) is 0 Å².